The Morgan fingerprint density at radius 2 is 0.900 bits per heavy atom. The first-order chi connectivity index (χ1) is 24.2. The lowest BCUT2D eigenvalue weighted by atomic mass is 9.44. The van der Waals surface area contributed by atoms with Crippen molar-refractivity contribution in [3.8, 4) is 11.5 Å². The van der Waals surface area contributed by atoms with Gasteiger partial charge < -0.3 is 29.6 Å². The van der Waals surface area contributed by atoms with Gasteiger partial charge in [0, 0.05) is 0 Å². The van der Waals surface area contributed by atoms with Gasteiger partial charge in [0.15, 0.2) is 23.7 Å². The van der Waals surface area contributed by atoms with E-state index in [4.69, 9.17) is 18.9 Å². The topological polar surface area (TPSA) is 163 Å². The highest BCUT2D eigenvalue weighted by atomic mass is 16.6. The molecule has 7 rings (SSSR count). The van der Waals surface area contributed by atoms with Crippen LogP contribution < -0.4 is 20.1 Å². The maximum Gasteiger partial charge on any atom is 0.333 e. The van der Waals surface area contributed by atoms with Gasteiger partial charge in [-0.05, 0) is 35.4 Å². The number of fused-ring (bicyclic) bond motifs is 6. The molecule has 50 heavy (non-hydrogen) atoms. The summed E-state index contributed by atoms with van der Waals surface area (Å²) in [5, 5.41) is 5.29. The van der Waals surface area contributed by atoms with E-state index >= 15 is 9.59 Å². The molecular formula is C38H30N2O10. The summed E-state index contributed by atoms with van der Waals surface area (Å²) in [5.41, 5.74) is -4.31. The number of hydrogen-bond acceptors (Lipinski definition) is 10. The van der Waals surface area contributed by atoms with Crippen LogP contribution in [0.15, 0.2) is 109 Å². The summed E-state index contributed by atoms with van der Waals surface area (Å²) in [6.07, 6.45) is 0. The fraction of sp³-hybridized carbons (Fsp3) is 0.211. The Labute approximate surface area is 285 Å². The first kappa shape index (κ1) is 32.3. The minimum atomic E-state index is -2.57. The number of para-hydroxylation sites is 2. The van der Waals surface area contributed by atoms with Crippen molar-refractivity contribution in [2.24, 2.45) is 11.8 Å². The Morgan fingerprint density at radius 1 is 0.560 bits per heavy atom. The third-order valence-electron chi connectivity index (χ3n) is 9.54. The van der Waals surface area contributed by atoms with Crippen molar-refractivity contribution >= 4 is 35.3 Å². The minimum Gasteiger partial charge on any atom is -0.471 e. The van der Waals surface area contributed by atoms with Crippen molar-refractivity contribution in [3.05, 3.63) is 131 Å². The number of Topliss-reactive ketones (excluding diaryl/α,β-unsaturated/α-hetero) is 2. The second-order valence-electron chi connectivity index (χ2n) is 12.0. The number of ketones is 2. The highest BCUT2D eigenvalue weighted by Gasteiger charge is 2.89. The Hall–Kier alpha value is -6.30. The van der Waals surface area contributed by atoms with E-state index in [2.05, 4.69) is 10.6 Å². The van der Waals surface area contributed by atoms with Crippen LogP contribution in [0.4, 0.5) is 0 Å². The molecule has 2 heterocycles. The zero-order chi connectivity index (χ0) is 35.2. The fourth-order valence-corrected chi connectivity index (χ4v) is 7.26. The largest absolute Gasteiger partial charge is 0.471 e. The van der Waals surface area contributed by atoms with Crippen molar-refractivity contribution in [2.75, 3.05) is 14.2 Å². The second-order valence-corrected chi connectivity index (χ2v) is 12.0. The number of hydrogen-bond donors (Lipinski definition) is 2. The van der Waals surface area contributed by atoms with Gasteiger partial charge in [-0.25, -0.2) is 9.59 Å². The molecule has 4 aromatic carbocycles. The third-order valence-corrected chi connectivity index (χ3v) is 9.54. The van der Waals surface area contributed by atoms with Crippen LogP contribution in [0.2, 0.25) is 0 Å². The molecule has 12 heteroatoms. The Morgan fingerprint density at radius 3 is 1.26 bits per heavy atom. The van der Waals surface area contributed by atoms with Gasteiger partial charge in [0.1, 0.15) is 11.5 Å². The van der Waals surface area contributed by atoms with Gasteiger partial charge >= 0.3 is 11.9 Å². The summed E-state index contributed by atoms with van der Waals surface area (Å²) < 4.78 is 23.0. The molecule has 0 spiro atoms. The van der Waals surface area contributed by atoms with Gasteiger partial charge in [-0.15, -0.1) is 0 Å². The Balaban J connectivity index is 1.44. The molecule has 252 valence electrons. The average molecular weight is 675 g/mol. The smallest absolute Gasteiger partial charge is 0.333 e. The Kier molecular flexibility index (Phi) is 7.93. The molecule has 1 saturated carbocycles. The van der Waals surface area contributed by atoms with Crippen molar-refractivity contribution in [2.45, 2.75) is 23.3 Å². The molecule has 3 aliphatic rings. The first-order valence-electron chi connectivity index (χ1n) is 15.7. The van der Waals surface area contributed by atoms with Crippen LogP contribution in [0, 0.1) is 11.8 Å². The van der Waals surface area contributed by atoms with Crippen molar-refractivity contribution in [1.29, 1.82) is 0 Å². The fourth-order valence-electron chi connectivity index (χ4n) is 7.26. The quantitative estimate of drug-likeness (QED) is 0.265. The van der Waals surface area contributed by atoms with Gasteiger partial charge in [0.25, 0.3) is 11.8 Å². The molecule has 6 atom stereocenters. The zero-order valence-electron chi connectivity index (χ0n) is 26.8. The van der Waals surface area contributed by atoms with Crippen molar-refractivity contribution in [3.63, 3.8) is 0 Å². The van der Waals surface area contributed by atoms with Crippen molar-refractivity contribution in [1.82, 2.24) is 10.6 Å². The second kappa shape index (κ2) is 12.3. The van der Waals surface area contributed by atoms with E-state index < -0.39 is 70.4 Å². The lowest BCUT2D eigenvalue weighted by Crippen LogP contribution is -2.92. The maximum absolute atomic E-state index is 15.0. The molecule has 1 fully saturated rings. The van der Waals surface area contributed by atoms with E-state index in [1.54, 1.807) is 84.9 Å². The molecule has 4 aromatic rings. The molecule has 2 aliphatic heterocycles. The highest BCUT2D eigenvalue weighted by molar-refractivity contribution is 6.21. The number of carbonyl (C=O) groups is 6. The number of methoxy groups -OCH3 is 2. The zero-order valence-corrected chi connectivity index (χ0v) is 26.8. The van der Waals surface area contributed by atoms with E-state index in [-0.39, 0.29) is 22.6 Å². The molecule has 0 saturated heterocycles. The minimum absolute atomic E-state index is 0.0497. The van der Waals surface area contributed by atoms with Crippen molar-refractivity contribution < 1.29 is 47.7 Å². The van der Waals surface area contributed by atoms with E-state index in [0.29, 0.717) is 11.1 Å². The van der Waals surface area contributed by atoms with Crippen LogP contribution in [0.5, 0.6) is 11.5 Å². The number of esters is 2. The van der Waals surface area contributed by atoms with Crippen LogP contribution in [-0.4, -0.2) is 60.7 Å². The monoisotopic (exact) mass is 674 g/mol. The molecule has 0 radical (unpaired) electrons. The number of rotatable bonds is 8. The SMILES string of the molecule is COC(=O)[C@H](NC(=O)[C@@]12Oc3ccccc3C(=O)[C@@H]1[C@H]1C(=O)c3ccccc3O[C@]12C(=O)N[C@@H](C(=O)OC)c1ccccc1)c1ccccc1. The lowest BCUT2D eigenvalue weighted by molar-refractivity contribution is -0.240. The van der Waals surface area contributed by atoms with Gasteiger partial charge in [-0.2, -0.15) is 0 Å². The molecule has 12 nitrogen and oxygen atoms in total. The summed E-state index contributed by atoms with van der Waals surface area (Å²) in [6.45, 7) is 0. The third kappa shape index (κ3) is 4.59. The number of benzene rings is 4. The van der Waals surface area contributed by atoms with Crippen LogP contribution in [-0.2, 0) is 28.7 Å². The van der Waals surface area contributed by atoms with E-state index in [1.807, 2.05) is 0 Å². The molecule has 0 bridgehead atoms. The molecule has 0 unspecified atom stereocenters. The summed E-state index contributed by atoms with van der Waals surface area (Å²) in [4.78, 5) is 85.2. The summed E-state index contributed by atoms with van der Waals surface area (Å²) in [7, 11) is 2.29. The van der Waals surface area contributed by atoms with Crippen LogP contribution in [0.25, 0.3) is 0 Å². The number of amides is 2. The van der Waals surface area contributed by atoms with E-state index in [0.717, 1.165) is 14.2 Å². The summed E-state index contributed by atoms with van der Waals surface area (Å²) in [6, 6.07) is 25.8. The molecule has 2 N–H and O–H groups in total. The van der Waals surface area contributed by atoms with Gasteiger partial charge in [-0.3, -0.25) is 19.2 Å². The summed E-state index contributed by atoms with van der Waals surface area (Å²) in [5.74, 6) is -8.47. The van der Waals surface area contributed by atoms with Gasteiger partial charge in [-0.1, -0.05) is 84.9 Å². The average Bonchev–Trinajstić information content (AvgIpc) is 3.15. The standard InChI is InChI=1S/C38H30N2O10/c1-47-33(43)29(21-13-5-3-6-14-21)39-35(45)37-27(31(41)23-17-9-11-19-25(23)49-37)28-32(42)24-18-10-12-20-26(24)50-38(28,37)36(46)40-30(34(44)48-2)22-15-7-4-8-16-22/h3-20,27-30H,1-2H3,(H,39,45)(H,40,46)/t27-,28-,29+,30+,37-,38-/m0/s1. The molecule has 0 aromatic heterocycles. The number of nitrogens with one attached hydrogen (secondary N) is 2. The van der Waals surface area contributed by atoms with Crippen LogP contribution in [0.3, 0.4) is 0 Å². The number of ether oxygens (including phenoxy) is 4. The lowest BCUT2D eigenvalue weighted by Gasteiger charge is -2.65. The number of carbonyl (C=O) groups excluding carboxylic acids is 6. The van der Waals surface area contributed by atoms with Crippen LogP contribution >= 0.6 is 0 Å². The molecule has 1 aliphatic carbocycles. The Bertz CT molecular complexity index is 1900. The highest BCUT2D eigenvalue weighted by Crippen LogP contribution is 2.64. The van der Waals surface area contributed by atoms with Gasteiger partial charge in [0.05, 0.1) is 37.2 Å². The van der Waals surface area contributed by atoms with Gasteiger partial charge in [0.2, 0.25) is 11.2 Å². The normalized spacial score (nSPS) is 23.7. The predicted octanol–water partition coefficient (Wildman–Crippen LogP) is 3.32. The molecule has 2 amide bonds. The predicted molar refractivity (Wildman–Crippen MR) is 174 cm³/mol. The van der Waals surface area contributed by atoms with E-state index in [1.165, 1.54) is 24.3 Å². The first-order valence-corrected chi connectivity index (χ1v) is 15.7. The molecular weight excluding hydrogens is 644 g/mol. The van der Waals surface area contributed by atoms with E-state index in [9.17, 15) is 19.2 Å². The summed E-state index contributed by atoms with van der Waals surface area (Å²) >= 11 is 0. The maximum atomic E-state index is 15.0. The van der Waals surface area contributed by atoms with Crippen LogP contribution in [0.1, 0.15) is 43.9 Å².